The third-order valence-electron chi connectivity index (χ3n) is 3.51. The van der Waals surface area contributed by atoms with Gasteiger partial charge in [-0.05, 0) is 31.2 Å². The van der Waals surface area contributed by atoms with Crippen LogP contribution in [0.4, 0.5) is 0 Å². The summed E-state index contributed by atoms with van der Waals surface area (Å²) < 4.78 is 0. The molecular formula is C16H22O. The van der Waals surface area contributed by atoms with E-state index in [9.17, 15) is 4.79 Å². The number of ketones is 1. The van der Waals surface area contributed by atoms with Crippen molar-refractivity contribution >= 4 is 5.78 Å². The number of hydrogen-bond acceptors (Lipinski definition) is 1. The zero-order valence-electron chi connectivity index (χ0n) is 10.7. The van der Waals surface area contributed by atoms with E-state index in [4.69, 9.17) is 0 Å². The van der Waals surface area contributed by atoms with Crippen LogP contribution in [0.15, 0.2) is 24.3 Å². The minimum Gasteiger partial charge on any atom is -0.294 e. The lowest BCUT2D eigenvalue weighted by Gasteiger charge is -2.03. The maximum Gasteiger partial charge on any atom is 0.165 e. The van der Waals surface area contributed by atoms with Crippen molar-refractivity contribution < 1.29 is 4.79 Å². The number of Topliss-reactive ketones (excluding diaryl/α,β-unsaturated/α-hetero) is 1. The SMILES string of the molecule is CCCCCCc1ccc(C(=O)C2CC2)cc1. The number of hydrogen-bond donors (Lipinski definition) is 0. The van der Waals surface area contributed by atoms with Crippen LogP contribution in [0.5, 0.6) is 0 Å². The minimum absolute atomic E-state index is 0.338. The van der Waals surface area contributed by atoms with E-state index in [0.717, 1.165) is 24.8 Å². The zero-order chi connectivity index (χ0) is 12.1. The predicted octanol–water partition coefficient (Wildman–Crippen LogP) is 4.40. The zero-order valence-corrected chi connectivity index (χ0v) is 10.7. The van der Waals surface area contributed by atoms with Gasteiger partial charge in [0.1, 0.15) is 0 Å². The highest BCUT2D eigenvalue weighted by molar-refractivity contribution is 5.99. The summed E-state index contributed by atoms with van der Waals surface area (Å²) in [5.74, 6) is 0.688. The summed E-state index contributed by atoms with van der Waals surface area (Å²) in [7, 11) is 0. The van der Waals surface area contributed by atoms with Gasteiger partial charge in [-0.3, -0.25) is 4.79 Å². The fourth-order valence-electron chi connectivity index (χ4n) is 2.17. The van der Waals surface area contributed by atoms with Crippen LogP contribution in [0.2, 0.25) is 0 Å². The van der Waals surface area contributed by atoms with Crippen LogP contribution in [-0.4, -0.2) is 5.78 Å². The molecule has 0 amide bonds. The Morgan fingerprint density at radius 2 is 1.82 bits per heavy atom. The molecule has 1 fully saturated rings. The molecule has 0 saturated heterocycles. The summed E-state index contributed by atoms with van der Waals surface area (Å²) in [5.41, 5.74) is 2.28. The number of unbranched alkanes of at least 4 members (excludes halogenated alkanes) is 3. The Balaban J connectivity index is 1.82. The molecule has 0 aliphatic heterocycles. The Kier molecular flexibility index (Phi) is 4.36. The summed E-state index contributed by atoms with van der Waals surface area (Å²) in [5, 5.41) is 0. The summed E-state index contributed by atoms with van der Waals surface area (Å²) in [4.78, 5) is 11.8. The first kappa shape index (κ1) is 12.3. The largest absolute Gasteiger partial charge is 0.294 e. The number of rotatable bonds is 7. The van der Waals surface area contributed by atoms with Crippen molar-refractivity contribution in [3.05, 3.63) is 35.4 Å². The van der Waals surface area contributed by atoms with Crippen molar-refractivity contribution in [2.45, 2.75) is 51.9 Å². The molecule has 0 unspecified atom stereocenters. The van der Waals surface area contributed by atoms with Crippen molar-refractivity contribution in [1.29, 1.82) is 0 Å². The van der Waals surface area contributed by atoms with Gasteiger partial charge >= 0.3 is 0 Å². The number of carbonyl (C=O) groups is 1. The average molecular weight is 230 g/mol. The maximum atomic E-state index is 11.8. The smallest absolute Gasteiger partial charge is 0.165 e. The van der Waals surface area contributed by atoms with Gasteiger partial charge in [0.2, 0.25) is 0 Å². The van der Waals surface area contributed by atoms with Gasteiger partial charge in [0.15, 0.2) is 5.78 Å². The highest BCUT2D eigenvalue weighted by atomic mass is 16.1. The second-order valence-electron chi connectivity index (χ2n) is 5.15. The summed E-state index contributed by atoms with van der Waals surface area (Å²) >= 11 is 0. The first-order chi connectivity index (χ1) is 8.31. The van der Waals surface area contributed by atoms with Crippen LogP contribution in [0.25, 0.3) is 0 Å². The van der Waals surface area contributed by atoms with Crippen molar-refractivity contribution in [2.24, 2.45) is 5.92 Å². The number of aryl methyl sites for hydroxylation is 1. The van der Waals surface area contributed by atoms with Gasteiger partial charge in [-0.2, -0.15) is 0 Å². The molecule has 0 radical (unpaired) electrons. The normalized spacial score (nSPS) is 14.9. The predicted molar refractivity (Wildman–Crippen MR) is 71.3 cm³/mol. The van der Waals surface area contributed by atoms with E-state index >= 15 is 0 Å². The van der Waals surface area contributed by atoms with Gasteiger partial charge in [0, 0.05) is 11.5 Å². The number of benzene rings is 1. The van der Waals surface area contributed by atoms with E-state index in [-0.39, 0.29) is 0 Å². The summed E-state index contributed by atoms with van der Waals surface area (Å²) in [6.07, 6.45) is 8.54. The van der Waals surface area contributed by atoms with E-state index in [1.807, 2.05) is 12.1 Å². The van der Waals surface area contributed by atoms with Gasteiger partial charge in [0.25, 0.3) is 0 Å². The molecule has 1 aromatic rings. The van der Waals surface area contributed by atoms with Crippen molar-refractivity contribution in [3.8, 4) is 0 Å². The minimum atomic E-state index is 0.338. The monoisotopic (exact) mass is 230 g/mol. The summed E-state index contributed by atoms with van der Waals surface area (Å²) in [6.45, 7) is 2.23. The van der Waals surface area contributed by atoms with Crippen LogP contribution in [0.1, 0.15) is 61.4 Å². The molecule has 1 saturated carbocycles. The lowest BCUT2D eigenvalue weighted by Crippen LogP contribution is -2.01. The molecule has 1 nitrogen and oxygen atoms in total. The van der Waals surface area contributed by atoms with E-state index in [2.05, 4.69) is 19.1 Å². The third-order valence-corrected chi connectivity index (χ3v) is 3.51. The molecule has 0 N–H and O–H groups in total. The van der Waals surface area contributed by atoms with Crippen molar-refractivity contribution in [1.82, 2.24) is 0 Å². The van der Waals surface area contributed by atoms with Crippen LogP contribution in [0.3, 0.4) is 0 Å². The molecular weight excluding hydrogens is 208 g/mol. The molecule has 0 aromatic heterocycles. The second-order valence-corrected chi connectivity index (χ2v) is 5.15. The maximum absolute atomic E-state index is 11.8. The molecule has 0 bridgehead atoms. The summed E-state index contributed by atoms with van der Waals surface area (Å²) in [6, 6.07) is 8.27. The second kappa shape index (κ2) is 6.00. The van der Waals surface area contributed by atoms with E-state index < -0.39 is 0 Å². The van der Waals surface area contributed by atoms with Gasteiger partial charge in [-0.25, -0.2) is 0 Å². The van der Waals surface area contributed by atoms with Crippen LogP contribution in [-0.2, 0) is 6.42 Å². The van der Waals surface area contributed by atoms with Crippen LogP contribution >= 0.6 is 0 Å². The topological polar surface area (TPSA) is 17.1 Å². The quantitative estimate of drug-likeness (QED) is 0.501. The van der Waals surface area contributed by atoms with Crippen LogP contribution < -0.4 is 0 Å². The highest BCUT2D eigenvalue weighted by Crippen LogP contribution is 2.32. The third kappa shape index (κ3) is 3.69. The van der Waals surface area contributed by atoms with E-state index in [1.54, 1.807) is 0 Å². The van der Waals surface area contributed by atoms with Gasteiger partial charge in [-0.1, -0.05) is 50.5 Å². The molecule has 17 heavy (non-hydrogen) atoms. The number of carbonyl (C=O) groups excluding carboxylic acids is 1. The Hall–Kier alpha value is -1.11. The Bertz CT molecular complexity index is 360. The van der Waals surface area contributed by atoms with Gasteiger partial charge in [0.05, 0.1) is 0 Å². The molecule has 1 aliphatic rings. The Morgan fingerprint density at radius 1 is 1.12 bits per heavy atom. The van der Waals surface area contributed by atoms with Crippen molar-refractivity contribution in [2.75, 3.05) is 0 Å². The standard InChI is InChI=1S/C16H22O/c1-2-3-4-5-6-13-7-9-14(10-8-13)16(17)15-11-12-15/h7-10,15H,2-6,11-12H2,1H3. The highest BCUT2D eigenvalue weighted by Gasteiger charge is 2.30. The molecule has 1 aliphatic carbocycles. The first-order valence-corrected chi connectivity index (χ1v) is 6.94. The molecule has 2 rings (SSSR count). The van der Waals surface area contributed by atoms with Crippen molar-refractivity contribution in [3.63, 3.8) is 0 Å². The van der Waals surface area contributed by atoms with E-state index in [0.29, 0.717) is 11.7 Å². The molecule has 1 heteroatoms. The lowest BCUT2D eigenvalue weighted by molar-refractivity contribution is 0.0967. The first-order valence-electron chi connectivity index (χ1n) is 6.94. The Morgan fingerprint density at radius 3 is 2.41 bits per heavy atom. The molecule has 92 valence electrons. The molecule has 0 heterocycles. The molecule has 0 spiro atoms. The van der Waals surface area contributed by atoms with Gasteiger partial charge in [-0.15, -0.1) is 0 Å². The fraction of sp³-hybridized carbons (Fsp3) is 0.562. The van der Waals surface area contributed by atoms with E-state index in [1.165, 1.54) is 31.2 Å². The average Bonchev–Trinajstić information content (AvgIpc) is 3.19. The van der Waals surface area contributed by atoms with Gasteiger partial charge < -0.3 is 0 Å². The molecule has 1 aromatic carbocycles. The fourth-order valence-corrected chi connectivity index (χ4v) is 2.17. The van der Waals surface area contributed by atoms with Crippen LogP contribution in [0, 0.1) is 5.92 Å². The Labute approximate surface area is 104 Å². The molecule has 0 atom stereocenters. The lowest BCUT2D eigenvalue weighted by atomic mass is 10.0.